The van der Waals surface area contributed by atoms with E-state index in [1.165, 1.54) is 6.07 Å². The quantitative estimate of drug-likeness (QED) is 0.693. The van der Waals surface area contributed by atoms with Crippen molar-refractivity contribution in [1.29, 1.82) is 5.26 Å². The summed E-state index contributed by atoms with van der Waals surface area (Å²) < 4.78 is 1.70. The van der Waals surface area contributed by atoms with Crippen molar-refractivity contribution in [3.63, 3.8) is 0 Å². The summed E-state index contributed by atoms with van der Waals surface area (Å²) in [6.45, 7) is 0.387. The summed E-state index contributed by atoms with van der Waals surface area (Å²) >= 11 is 5.75. The van der Waals surface area contributed by atoms with E-state index in [1.807, 2.05) is 0 Å². The summed E-state index contributed by atoms with van der Waals surface area (Å²) in [5, 5.41) is 23.1. The van der Waals surface area contributed by atoms with E-state index in [2.05, 4.69) is 11.4 Å². The monoisotopic (exact) mass is 290 g/mol. The smallest absolute Gasteiger partial charge is 0.293 e. The molecule has 0 bridgehead atoms. The molecule has 0 atom stereocenters. The first kappa shape index (κ1) is 13.9. The Morgan fingerprint density at radius 3 is 2.85 bits per heavy atom. The topological polar surface area (TPSA) is 83.9 Å². The van der Waals surface area contributed by atoms with Crippen LogP contribution in [0.2, 0.25) is 5.02 Å². The van der Waals surface area contributed by atoms with Crippen LogP contribution in [0.1, 0.15) is 11.3 Å². The summed E-state index contributed by atoms with van der Waals surface area (Å²) in [6.07, 6.45) is 1.80. The van der Waals surface area contributed by atoms with Crippen LogP contribution < -0.4 is 5.32 Å². The lowest BCUT2D eigenvalue weighted by molar-refractivity contribution is -0.383. The van der Waals surface area contributed by atoms with Gasteiger partial charge in [-0.05, 0) is 23.8 Å². The van der Waals surface area contributed by atoms with Crippen molar-refractivity contribution >= 4 is 23.0 Å². The Balaban J connectivity index is 2.18. The number of nitro benzene ring substituents is 1. The van der Waals surface area contributed by atoms with Gasteiger partial charge in [-0.2, -0.15) is 5.26 Å². The lowest BCUT2D eigenvalue weighted by Crippen LogP contribution is -2.02. The van der Waals surface area contributed by atoms with Crippen LogP contribution in [0.25, 0.3) is 0 Å². The van der Waals surface area contributed by atoms with Gasteiger partial charge in [0.05, 0.1) is 4.92 Å². The molecule has 1 aromatic heterocycles. The second-order valence-corrected chi connectivity index (χ2v) is 4.66. The maximum Gasteiger partial charge on any atom is 0.293 e. The Morgan fingerprint density at radius 2 is 2.25 bits per heavy atom. The van der Waals surface area contributed by atoms with Crippen molar-refractivity contribution in [2.75, 3.05) is 5.32 Å². The van der Waals surface area contributed by atoms with Gasteiger partial charge in [0.25, 0.3) is 5.69 Å². The highest BCUT2D eigenvalue weighted by Gasteiger charge is 2.14. The van der Waals surface area contributed by atoms with Gasteiger partial charge < -0.3 is 9.88 Å². The molecule has 7 heteroatoms. The van der Waals surface area contributed by atoms with Crippen LogP contribution in [0.5, 0.6) is 0 Å². The maximum atomic E-state index is 10.9. The first-order valence-electron chi connectivity index (χ1n) is 5.74. The van der Waals surface area contributed by atoms with E-state index in [0.717, 1.165) is 5.56 Å². The lowest BCUT2D eigenvalue weighted by Gasteiger charge is -2.06. The minimum Gasteiger partial charge on any atom is -0.375 e. The van der Waals surface area contributed by atoms with Crippen LogP contribution in [0.15, 0.2) is 30.5 Å². The molecule has 0 amide bonds. The van der Waals surface area contributed by atoms with Crippen LogP contribution in [-0.2, 0) is 13.6 Å². The summed E-state index contributed by atoms with van der Waals surface area (Å²) in [5.74, 6) is 0. The van der Waals surface area contributed by atoms with Gasteiger partial charge in [0.2, 0.25) is 0 Å². The van der Waals surface area contributed by atoms with Gasteiger partial charge in [0.15, 0.2) is 0 Å². The Hall–Kier alpha value is -2.52. The van der Waals surface area contributed by atoms with Gasteiger partial charge in [-0.15, -0.1) is 0 Å². The summed E-state index contributed by atoms with van der Waals surface area (Å²) in [4.78, 5) is 10.5. The second kappa shape index (κ2) is 5.63. The third-order valence-corrected chi connectivity index (χ3v) is 3.05. The number of benzene rings is 1. The number of aryl methyl sites for hydroxylation is 1. The Morgan fingerprint density at radius 1 is 1.50 bits per heavy atom. The van der Waals surface area contributed by atoms with Crippen molar-refractivity contribution < 1.29 is 4.92 Å². The average Bonchev–Trinajstić information content (AvgIpc) is 2.77. The van der Waals surface area contributed by atoms with Gasteiger partial charge in [-0.25, -0.2) is 0 Å². The minimum absolute atomic E-state index is 0.0751. The number of nitriles is 1. The molecule has 0 aliphatic heterocycles. The third kappa shape index (κ3) is 2.90. The van der Waals surface area contributed by atoms with Crippen molar-refractivity contribution in [2.24, 2.45) is 7.05 Å². The molecule has 2 aromatic rings. The van der Waals surface area contributed by atoms with Gasteiger partial charge in [0, 0.05) is 30.9 Å². The molecule has 1 heterocycles. The molecule has 0 saturated carbocycles. The fourth-order valence-corrected chi connectivity index (χ4v) is 2.01. The number of nitrogens with zero attached hydrogens (tertiary/aromatic N) is 3. The first-order chi connectivity index (χ1) is 9.51. The Kier molecular flexibility index (Phi) is 3.91. The fourth-order valence-electron chi connectivity index (χ4n) is 1.84. The zero-order chi connectivity index (χ0) is 14.7. The van der Waals surface area contributed by atoms with E-state index in [1.54, 1.807) is 36.0 Å². The molecule has 1 N–H and O–H groups in total. The lowest BCUT2D eigenvalue weighted by atomic mass is 10.2. The van der Waals surface area contributed by atoms with Crippen LogP contribution >= 0.6 is 11.6 Å². The average molecular weight is 291 g/mol. The highest BCUT2D eigenvalue weighted by atomic mass is 35.5. The molecule has 2 rings (SSSR count). The molecular weight excluding hydrogens is 280 g/mol. The molecule has 6 nitrogen and oxygen atoms in total. The van der Waals surface area contributed by atoms with Gasteiger partial charge in [-0.3, -0.25) is 10.1 Å². The number of nitro groups is 1. The first-order valence-corrected chi connectivity index (χ1v) is 6.12. The minimum atomic E-state index is -0.486. The van der Waals surface area contributed by atoms with Crippen molar-refractivity contribution in [1.82, 2.24) is 4.57 Å². The summed E-state index contributed by atoms with van der Waals surface area (Å²) in [7, 11) is 1.77. The standard InChI is InChI=1S/C13H11ClN4O2/c1-17-8-9(4-11(17)6-15)7-16-12-3-2-10(14)5-13(12)18(19)20/h2-5,8,16H,7H2,1H3. The molecular formula is C13H11ClN4O2. The SMILES string of the molecule is Cn1cc(CNc2ccc(Cl)cc2[N+](=O)[O-])cc1C#N. The van der Waals surface area contributed by atoms with Crippen molar-refractivity contribution in [3.05, 3.63) is 56.9 Å². The van der Waals surface area contributed by atoms with E-state index < -0.39 is 4.92 Å². The van der Waals surface area contributed by atoms with E-state index in [4.69, 9.17) is 16.9 Å². The predicted molar refractivity (Wildman–Crippen MR) is 75.6 cm³/mol. The van der Waals surface area contributed by atoms with E-state index >= 15 is 0 Å². The number of nitrogens with one attached hydrogen (secondary N) is 1. The fraction of sp³-hybridized carbons (Fsp3) is 0.154. The molecule has 0 saturated heterocycles. The van der Waals surface area contributed by atoms with Crippen molar-refractivity contribution in [3.8, 4) is 6.07 Å². The number of halogens is 1. The zero-order valence-corrected chi connectivity index (χ0v) is 11.4. The second-order valence-electron chi connectivity index (χ2n) is 4.23. The molecule has 0 fully saturated rings. The molecule has 0 aliphatic rings. The Bertz CT molecular complexity index is 703. The van der Waals surface area contributed by atoms with Gasteiger partial charge in [-0.1, -0.05) is 11.6 Å². The molecule has 0 unspecified atom stereocenters. The van der Waals surface area contributed by atoms with Crippen LogP contribution in [0, 0.1) is 21.4 Å². The molecule has 0 radical (unpaired) electrons. The highest BCUT2D eigenvalue weighted by Crippen LogP contribution is 2.28. The summed E-state index contributed by atoms with van der Waals surface area (Å²) in [6, 6.07) is 8.24. The maximum absolute atomic E-state index is 10.9. The highest BCUT2D eigenvalue weighted by molar-refractivity contribution is 6.30. The summed E-state index contributed by atoms with van der Waals surface area (Å²) in [5.41, 5.74) is 1.72. The number of anilines is 1. The van der Waals surface area contributed by atoms with Crippen LogP contribution in [0.3, 0.4) is 0 Å². The molecule has 0 spiro atoms. The van der Waals surface area contributed by atoms with E-state index in [-0.39, 0.29) is 5.69 Å². The van der Waals surface area contributed by atoms with Crippen LogP contribution in [0.4, 0.5) is 11.4 Å². The predicted octanol–water partition coefficient (Wildman–Crippen LogP) is 3.07. The van der Waals surface area contributed by atoms with Gasteiger partial charge >= 0.3 is 0 Å². The molecule has 20 heavy (non-hydrogen) atoms. The van der Waals surface area contributed by atoms with Crippen LogP contribution in [-0.4, -0.2) is 9.49 Å². The molecule has 102 valence electrons. The molecule has 1 aromatic carbocycles. The van der Waals surface area contributed by atoms with Gasteiger partial charge in [0.1, 0.15) is 17.5 Å². The third-order valence-electron chi connectivity index (χ3n) is 2.82. The number of hydrogen-bond donors (Lipinski definition) is 1. The number of hydrogen-bond acceptors (Lipinski definition) is 4. The Labute approximate surface area is 120 Å². The largest absolute Gasteiger partial charge is 0.375 e. The number of aromatic nitrogens is 1. The molecule has 0 aliphatic carbocycles. The normalized spacial score (nSPS) is 10.1. The van der Waals surface area contributed by atoms with E-state index in [9.17, 15) is 10.1 Å². The zero-order valence-electron chi connectivity index (χ0n) is 10.6. The number of rotatable bonds is 4. The van der Waals surface area contributed by atoms with E-state index in [0.29, 0.717) is 22.9 Å². The van der Waals surface area contributed by atoms with Crippen molar-refractivity contribution in [2.45, 2.75) is 6.54 Å².